The summed E-state index contributed by atoms with van der Waals surface area (Å²) in [5.74, 6) is -4.55. The molecule has 36 heavy (non-hydrogen) atoms. The zero-order chi connectivity index (χ0) is 27.3. The SMILES string of the molecule is CC(NC(=O)C(N)CCC(=O)O)C(=O)NC(Cc1ccc(O)cc1)C(=O)NC(CCCCN)C(=O)O. The van der Waals surface area contributed by atoms with E-state index >= 15 is 0 Å². The van der Waals surface area contributed by atoms with Crippen molar-refractivity contribution in [3.63, 3.8) is 0 Å². The molecule has 0 aliphatic rings. The zero-order valence-corrected chi connectivity index (χ0v) is 20.1. The standard InChI is InChI=1S/C23H35N5O8/c1-13(26-21(33)16(25)9-10-19(30)31)20(32)28-18(12-14-5-7-15(29)8-6-14)22(34)27-17(23(35)36)4-2-3-11-24/h5-8,13,16-18,29H,2-4,9-12,24-25H2,1H3,(H,26,33)(H,27,34)(H,28,32)(H,30,31)(H,35,36). The van der Waals surface area contributed by atoms with Gasteiger partial charge in [-0.2, -0.15) is 0 Å². The van der Waals surface area contributed by atoms with Gasteiger partial charge in [-0.1, -0.05) is 12.1 Å². The van der Waals surface area contributed by atoms with E-state index in [-0.39, 0.29) is 31.4 Å². The summed E-state index contributed by atoms with van der Waals surface area (Å²) >= 11 is 0. The average Bonchev–Trinajstić information content (AvgIpc) is 2.82. The maximum Gasteiger partial charge on any atom is 0.326 e. The average molecular weight is 510 g/mol. The van der Waals surface area contributed by atoms with Gasteiger partial charge in [-0.3, -0.25) is 19.2 Å². The lowest BCUT2D eigenvalue weighted by atomic mass is 10.0. The van der Waals surface area contributed by atoms with Crippen molar-refractivity contribution in [1.82, 2.24) is 16.0 Å². The van der Waals surface area contributed by atoms with Gasteiger partial charge >= 0.3 is 11.9 Å². The number of unbranched alkanes of at least 4 members (excludes halogenated alkanes) is 1. The van der Waals surface area contributed by atoms with Gasteiger partial charge in [0.25, 0.3) is 0 Å². The van der Waals surface area contributed by atoms with Gasteiger partial charge in [0.15, 0.2) is 0 Å². The fourth-order valence-corrected chi connectivity index (χ4v) is 3.19. The molecule has 0 saturated heterocycles. The first-order chi connectivity index (χ1) is 16.9. The normalized spacial score (nSPS) is 14.1. The topological polar surface area (TPSA) is 234 Å². The third-order valence-corrected chi connectivity index (χ3v) is 5.33. The molecule has 0 bridgehead atoms. The van der Waals surface area contributed by atoms with E-state index in [4.69, 9.17) is 16.6 Å². The van der Waals surface area contributed by atoms with Gasteiger partial charge < -0.3 is 42.7 Å². The molecule has 0 aliphatic carbocycles. The maximum absolute atomic E-state index is 13.0. The van der Waals surface area contributed by atoms with E-state index in [9.17, 15) is 34.2 Å². The summed E-state index contributed by atoms with van der Waals surface area (Å²) in [6.07, 6.45) is 0.750. The molecule has 0 fully saturated rings. The minimum absolute atomic E-state index is 0.00482. The van der Waals surface area contributed by atoms with Crippen molar-refractivity contribution in [2.24, 2.45) is 11.5 Å². The number of amides is 3. The monoisotopic (exact) mass is 509 g/mol. The molecule has 13 heteroatoms. The van der Waals surface area contributed by atoms with Gasteiger partial charge in [-0.25, -0.2) is 4.79 Å². The number of rotatable bonds is 16. The molecule has 0 aromatic heterocycles. The molecule has 13 nitrogen and oxygen atoms in total. The van der Waals surface area contributed by atoms with Gasteiger partial charge in [0.1, 0.15) is 23.9 Å². The Labute approximate surface area is 208 Å². The summed E-state index contributed by atoms with van der Waals surface area (Å²) in [6.45, 7) is 1.74. The maximum atomic E-state index is 13.0. The molecule has 0 radical (unpaired) electrons. The Morgan fingerprint density at radius 3 is 2.03 bits per heavy atom. The van der Waals surface area contributed by atoms with Crippen LogP contribution in [0.25, 0.3) is 0 Å². The number of benzene rings is 1. The predicted molar refractivity (Wildman–Crippen MR) is 129 cm³/mol. The molecule has 0 saturated carbocycles. The van der Waals surface area contributed by atoms with Crippen molar-refractivity contribution in [1.29, 1.82) is 0 Å². The number of carboxylic acid groups (broad SMARTS) is 2. The first-order valence-corrected chi connectivity index (χ1v) is 11.5. The van der Waals surface area contributed by atoms with Crippen LogP contribution in [0.3, 0.4) is 0 Å². The van der Waals surface area contributed by atoms with Crippen LogP contribution < -0.4 is 27.4 Å². The lowest BCUT2D eigenvalue weighted by Gasteiger charge is -2.24. The molecule has 0 heterocycles. The third-order valence-electron chi connectivity index (χ3n) is 5.33. The highest BCUT2D eigenvalue weighted by Crippen LogP contribution is 2.12. The second kappa shape index (κ2) is 15.3. The molecule has 4 atom stereocenters. The number of carbonyl (C=O) groups is 5. The smallest absolute Gasteiger partial charge is 0.326 e. The molecule has 200 valence electrons. The van der Waals surface area contributed by atoms with Gasteiger partial charge in [0, 0.05) is 12.8 Å². The van der Waals surface area contributed by atoms with E-state index in [1.165, 1.54) is 19.1 Å². The van der Waals surface area contributed by atoms with Crippen LogP contribution in [0.1, 0.15) is 44.6 Å². The Balaban J connectivity index is 2.93. The van der Waals surface area contributed by atoms with Crippen LogP contribution in [0.4, 0.5) is 0 Å². The van der Waals surface area contributed by atoms with Crippen LogP contribution in [0.2, 0.25) is 0 Å². The minimum atomic E-state index is -1.23. The molecule has 1 aromatic carbocycles. The molecular weight excluding hydrogens is 474 g/mol. The van der Waals surface area contributed by atoms with Crippen LogP contribution in [-0.2, 0) is 30.4 Å². The Morgan fingerprint density at radius 2 is 1.47 bits per heavy atom. The second-order valence-electron chi connectivity index (χ2n) is 8.38. The molecular formula is C23H35N5O8. The molecule has 1 aromatic rings. The molecule has 0 aliphatic heterocycles. The first-order valence-electron chi connectivity index (χ1n) is 11.5. The van der Waals surface area contributed by atoms with Gasteiger partial charge in [0.05, 0.1) is 6.04 Å². The van der Waals surface area contributed by atoms with E-state index in [1.807, 2.05) is 0 Å². The number of phenols is 1. The lowest BCUT2D eigenvalue weighted by Crippen LogP contribution is -2.57. The summed E-state index contributed by atoms with van der Waals surface area (Å²) < 4.78 is 0. The number of carbonyl (C=O) groups excluding carboxylic acids is 3. The van der Waals surface area contributed by atoms with Crippen molar-refractivity contribution in [2.75, 3.05) is 6.54 Å². The Hall–Kier alpha value is -3.71. The van der Waals surface area contributed by atoms with Crippen LogP contribution in [-0.4, -0.2) is 75.7 Å². The Bertz CT molecular complexity index is 908. The fourth-order valence-electron chi connectivity index (χ4n) is 3.19. The van der Waals surface area contributed by atoms with Crippen LogP contribution in [0.5, 0.6) is 5.75 Å². The number of phenolic OH excluding ortho intramolecular Hbond substituents is 1. The molecule has 3 amide bonds. The fraction of sp³-hybridized carbons (Fsp3) is 0.522. The number of hydrogen-bond acceptors (Lipinski definition) is 8. The number of aliphatic carboxylic acids is 2. The number of carboxylic acids is 2. The van der Waals surface area contributed by atoms with E-state index in [1.54, 1.807) is 12.1 Å². The molecule has 0 spiro atoms. The Kier molecular flexibility index (Phi) is 12.9. The minimum Gasteiger partial charge on any atom is -0.508 e. The van der Waals surface area contributed by atoms with Gasteiger partial charge in [0.2, 0.25) is 17.7 Å². The highest BCUT2D eigenvalue weighted by atomic mass is 16.4. The van der Waals surface area contributed by atoms with Crippen molar-refractivity contribution < 1.29 is 39.3 Å². The van der Waals surface area contributed by atoms with Crippen LogP contribution in [0.15, 0.2) is 24.3 Å². The summed E-state index contributed by atoms with van der Waals surface area (Å²) in [5.41, 5.74) is 11.7. The van der Waals surface area contributed by atoms with Crippen molar-refractivity contribution >= 4 is 29.7 Å². The summed E-state index contributed by atoms with van der Waals surface area (Å²) in [6, 6.07) is 1.25. The van der Waals surface area contributed by atoms with Gasteiger partial charge in [-0.05, 0) is 56.8 Å². The van der Waals surface area contributed by atoms with E-state index in [0.717, 1.165) is 0 Å². The van der Waals surface area contributed by atoms with Gasteiger partial charge in [-0.15, -0.1) is 0 Å². The number of aromatic hydroxyl groups is 1. The van der Waals surface area contributed by atoms with Crippen LogP contribution in [0, 0.1) is 0 Å². The first kappa shape index (κ1) is 30.3. The third kappa shape index (κ3) is 11.1. The number of nitrogens with one attached hydrogen (secondary N) is 3. The van der Waals surface area contributed by atoms with Crippen molar-refractivity contribution in [3.05, 3.63) is 29.8 Å². The highest BCUT2D eigenvalue weighted by molar-refractivity contribution is 5.94. The number of nitrogens with two attached hydrogens (primary N) is 2. The lowest BCUT2D eigenvalue weighted by molar-refractivity contribution is -0.142. The zero-order valence-electron chi connectivity index (χ0n) is 20.1. The summed E-state index contributed by atoms with van der Waals surface area (Å²) in [7, 11) is 0. The predicted octanol–water partition coefficient (Wildman–Crippen LogP) is -1.19. The largest absolute Gasteiger partial charge is 0.508 e. The number of hydrogen-bond donors (Lipinski definition) is 8. The van der Waals surface area contributed by atoms with E-state index in [0.29, 0.717) is 24.9 Å². The van der Waals surface area contributed by atoms with E-state index < -0.39 is 53.8 Å². The quantitative estimate of drug-likeness (QED) is 0.124. The molecule has 10 N–H and O–H groups in total. The summed E-state index contributed by atoms with van der Waals surface area (Å²) in [5, 5.41) is 35.0. The van der Waals surface area contributed by atoms with Crippen molar-refractivity contribution in [3.8, 4) is 5.75 Å². The Morgan fingerprint density at radius 1 is 0.861 bits per heavy atom. The molecule has 1 rings (SSSR count). The highest BCUT2D eigenvalue weighted by Gasteiger charge is 2.29. The molecule has 4 unspecified atom stereocenters. The van der Waals surface area contributed by atoms with Crippen LogP contribution >= 0.6 is 0 Å². The second-order valence-corrected chi connectivity index (χ2v) is 8.38. The van der Waals surface area contributed by atoms with E-state index in [2.05, 4.69) is 16.0 Å². The summed E-state index contributed by atoms with van der Waals surface area (Å²) in [4.78, 5) is 60.2. The van der Waals surface area contributed by atoms with Crippen molar-refractivity contribution in [2.45, 2.75) is 69.6 Å².